The zero-order valence-corrected chi connectivity index (χ0v) is 22.1. The van der Waals surface area contributed by atoms with Crippen molar-refractivity contribution >= 4 is 17.5 Å². The van der Waals surface area contributed by atoms with Gasteiger partial charge in [0.1, 0.15) is 12.6 Å². The average molecular weight is 486 g/mol. The lowest BCUT2D eigenvalue weighted by Gasteiger charge is -2.40. The van der Waals surface area contributed by atoms with E-state index in [-0.39, 0.29) is 30.4 Å². The van der Waals surface area contributed by atoms with Gasteiger partial charge in [-0.15, -0.1) is 0 Å². The number of anilines is 1. The highest BCUT2D eigenvalue weighted by Crippen LogP contribution is 2.42. The fourth-order valence-corrected chi connectivity index (χ4v) is 5.22. The Bertz CT molecular complexity index is 1200. The van der Waals surface area contributed by atoms with Crippen LogP contribution < -0.4 is 4.90 Å². The third-order valence-corrected chi connectivity index (χ3v) is 7.09. The first-order valence-electron chi connectivity index (χ1n) is 13.4. The first-order valence-corrected chi connectivity index (χ1v) is 13.4. The van der Waals surface area contributed by atoms with Crippen LogP contribution in [0, 0.1) is 6.92 Å². The van der Waals surface area contributed by atoms with Crippen molar-refractivity contribution in [3.63, 3.8) is 0 Å². The molecule has 1 atom stereocenters. The van der Waals surface area contributed by atoms with Crippen molar-refractivity contribution in [1.82, 2.24) is 9.47 Å². The molecular formula is C31H39N3O2. The van der Waals surface area contributed by atoms with Gasteiger partial charge in [-0.25, -0.2) is 0 Å². The number of aryl methyl sites for hydroxylation is 1. The van der Waals surface area contributed by atoms with Crippen LogP contribution in [0.3, 0.4) is 0 Å². The highest BCUT2D eigenvalue weighted by molar-refractivity contribution is 6.00. The molecule has 0 bridgehead atoms. The second kappa shape index (κ2) is 11.6. The minimum atomic E-state index is -0.263. The van der Waals surface area contributed by atoms with Crippen LogP contribution in [0.5, 0.6) is 0 Å². The van der Waals surface area contributed by atoms with Crippen LogP contribution in [0.25, 0.3) is 5.69 Å². The molecule has 3 aromatic rings. The van der Waals surface area contributed by atoms with E-state index in [2.05, 4.69) is 48.9 Å². The molecule has 0 N–H and O–H groups in total. The van der Waals surface area contributed by atoms with Crippen LogP contribution in [-0.4, -0.2) is 33.9 Å². The Hall–Kier alpha value is -3.34. The average Bonchev–Trinajstić information content (AvgIpc) is 3.36. The molecular weight excluding hydrogens is 446 g/mol. The Kier molecular flexibility index (Phi) is 8.29. The van der Waals surface area contributed by atoms with E-state index in [0.717, 1.165) is 47.5 Å². The summed E-state index contributed by atoms with van der Waals surface area (Å²) in [4.78, 5) is 31.0. The molecule has 0 saturated carbocycles. The summed E-state index contributed by atoms with van der Waals surface area (Å²) in [5.41, 5.74) is 5.11. The van der Waals surface area contributed by atoms with Gasteiger partial charge in [0.05, 0.1) is 17.1 Å². The molecule has 1 aromatic heterocycles. The lowest BCUT2D eigenvalue weighted by Crippen LogP contribution is -2.48. The highest BCUT2D eigenvalue weighted by Gasteiger charge is 2.37. The molecule has 190 valence electrons. The topological polar surface area (TPSA) is 45.6 Å². The van der Waals surface area contributed by atoms with Gasteiger partial charge in [-0.05, 0) is 57.0 Å². The van der Waals surface area contributed by atoms with Crippen LogP contribution in [0.1, 0.15) is 82.2 Å². The number of carbonyl (C=O) groups excluding carboxylic acids is 2. The summed E-state index contributed by atoms with van der Waals surface area (Å²) in [5.74, 6) is 0.00469. The number of hydrogen-bond donors (Lipinski definition) is 0. The van der Waals surface area contributed by atoms with Crippen molar-refractivity contribution < 1.29 is 9.59 Å². The van der Waals surface area contributed by atoms with E-state index < -0.39 is 0 Å². The predicted molar refractivity (Wildman–Crippen MR) is 147 cm³/mol. The number of unbranched alkanes of at least 4 members (excludes halogenated alkanes) is 4. The molecule has 0 radical (unpaired) electrons. The van der Waals surface area contributed by atoms with E-state index >= 15 is 0 Å². The molecule has 0 saturated heterocycles. The van der Waals surface area contributed by atoms with Crippen LogP contribution in [0.2, 0.25) is 0 Å². The van der Waals surface area contributed by atoms with Gasteiger partial charge in [0.25, 0.3) is 0 Å². The van der Waals surface area contributed by atoms with Crippen molar-refractivity contribution in [3.8, 4) is 5.69 Å². The molecule has 0 aliphatic carbocycles. The highest BCUT2D eigenvalue weighted by atomic mass is 16.2. The maximum Gasteiger partial charge on any atom is 0.247 e. The van der Waals surface area contributed by atoms with Crippen molar-refractivity contribution in [2.24, 2.45) is 0 Å². The number of carbonyl (C=O) groups is 2. The van der Waals surface area contributed by atoms with E-state index in [1.807, 2.05) is 55.1 Å². The fourth-order valence-electron chi connectivity index (χ4n) is 5.22. The summed E-state index contributed by atoms with van der Waals surface area (Å²) in [6.07, 6.45) is 8.04. The molecule has 1 aliphatic heterocycles. The van der Waals surface area contributed by atoms with Crippen molar-refractivity contribution in [2.45, 2.75) is 78.3 Å². The van der Waals surface area contributed by atoms with Crippen LogP contribution in [0.15, 0.2) is 66.9 Å². The molecule has 0 fully saturated rings. The van der Waals surface area contributed by atoms with Crippen LogP contribution in [-0.2, 0) is 9.59 Å². The van der Waals surface area contributed by atoms with Crippen molar-refractivity contribution in [3.05, 3.63) is 83.7 Å². The molecule has 2 aromatic carbocycles. The fraction of sp³-hybridized carbons (Fsp3) is 0.419. The van der Waals surface area contributed by atoms with Gasteiger partial charge in [-0.1, -0.05) is 74.6 Å². The predicted octanol–water partition coefficient (Wildman–Crippen LogP) is 6.82. The van der Waals surface area contributed by atoms with Gasteiger partial charge < -0.3 is 9.47 Å². The smallest absolute Gasteiger partial charge is 0.247 e. The number of hydrogen-bond acceptors (Lipinski definition) is 2. The lowest BCUT2D eigenvalue weighted by atomic mass is 9.96. The molecule has 1 unspecified atom stereocenters. The summed E-state index contributed by atoms with van der Waals surface area (Å²) >= 11 is 0. The van der Waals surface area contributed by atoms with Gasteiger partial charge in [0.2, 0.25) is 11.8 Å². The van der Waals surface area contributed by atoms with E-state index in [9.17, 15) is 9.59 Å². The summed E-state index contributed by atoms with van der Waals surface area (Å²) in [6.45, 7) is 8.33. The van der Waals surface area contributed by atoms with Gasteiger partial charge in [-0.2, -0.15) is 0 Å². The summed E-state index contributed by atoms with van der Waals surface area (Å²) in [7, 11) is 0. The molecule has 2 amide bonds. The van der Waals surface area contributed by atoms with E-state index in [1.54, 1.807) is 4.90 Å². The van der Waals surface area contributed by atoms with E-state index in [4.69, 9.17) is 0 Å². The molecule has 2 heterocycles. The monoisotopic (exact) mass is 485 g/mol. The second-order valence-corrected chi connectivity index (χ2v) is 10.2. The van der Waals surface area contributed by atoms with E-state index in [0.29, 0.717) is 6.42 Å². The molecule has 4 rings (SSSR count). The number of amides is 2. The number of aromatic nitrogens is 1. The Morgan fingerprint density at radius 1 is 0.917 bits per heavy atom. The molecule has 5 nitrogen and oxygen atoms in total. The minimum absolute atomic E-state index is 0.0431. The molecule has 36 heavy (non-hydrogen) atoms. The van der Waals surface area contributed by atoms with Crippen LogP contribution >= 0.6 is 0 Å². The number of para-hydroxylation sites is 2. The van der Waals surface area contributed by atoms with Gasteiger partial charge in [-0.3, -0.25) is 14.5 Å². The first kappa shape index (κ1) is 25.7. The summed E-state index contributed by atoms with van der Waals surface area (Å²) in [6, 6.07) is 20.2. The van der Waals surface area contributed by atoms with Gasteiger partial charge >= 0.3 is 0 Å². The van der Waals surface area contributed by atoms with Crippen molar-refractivity contribution in [1.29, 1.82) is 0 Å². The number of nitrogens with zero attached hydrogens (tertiary/aromatic N) is 3. The maximum atomic E-state index is 14.1. The molecule has 1 aliphatic rings. The Balaban J connectivity index is 1.65. The zero-order valence-electron chi connectivity index (χ0n) is 22.1. The van der Waals surface area contributed by atoms with Crippen molar-refractivity contribution in [2.75, 3.05) is 11.4 Å². The standard InChI is InChI=1S/C31H39N3O2/c1-5-6-7-8-9-19-29(35)33(23(2)3)22-30(36)34-27-17-11-10-16-26(27)32-20-13-18-28(32)31(34)25-15-12-14-24(4)21-25/h10-18,20-21,23,31H,5-9,19,22H2,1-4H3. The Morgan fingerprint density at radius 2 is 1.67 bits per heavy atom. The van der Waals surface area contributed by atoms with Gasteiger partial charge in [0, 0.05) is 18.7 Å². The zero-order chi connectivity index (χ0) is 25.7. The number of rotatable bonds is 10. The number of fused-ring (bicyclic) bond motifs is 3. The third kappa shape index (κ3) is 5.40. The normalized spacial score (nSPS) is 14.5. The first-order chi connectivity index (χ1) is 17.4. The lowest BCUT2D eigenvalue weighted by molar-refractivity contribution is -0.137. The Morgan fingerprint density at radius 3 is 2.39 bits per heavy atom. The second-order valence-electron chi connectivity index (χ2n) is 10.2. The number of benzene rings is 2. The van der Waals surface area contributed by atoms with Gasteiger partial charge in [0.15, 0.2) is 0 Å². The van der Waals surface area contributed by atoms with Crippen LogP contribution in [0.4, 0.5) is 5.69 Å². The van der Waals surface area contributed by atoms with E-state index in [1.165, 1.54) is 12.8 Å². The minimum Gasteiger partial charge on any atom is -0.331 e. The Labute approximate surface area is 215 Å². The largest absolute Gasteiger partial charge is 0.331 e. The SMILES string of the molecule is CCCCCCCC(=O)N(CC(=O)N1c2ccccc2-n2cccc2C1c1cccc(C)c1)C(C)C. The maximum absolute atomic E-state index is 14.1. The third-order valence-electron chi connectivity index (χ3n) is 7.09. The molecule has 5 heteroatoms. The summed E-state index contributed by atoms with van der Waals surface area (Å²) < 4.78 is 2.17. The summed E-state index contributed by atoms with van der Waals surface area (Å²) in [5, 5.41) is 0. The molecule has 0 spiro atoms. The quantitative estimate of drug-likeness (QED) is 0.296.